The zero-order valence-electron chi connectivity index (χ0n) is 8.24. The Morgan fingerprint density at radius 2 is 2.33 bits per heavy atom. The fourth-order valence-electron chi connectivity index (χ4n) is 1.03. The number of carboxylic acids is 1. The number of halogens is 1. The number of hydrogen-bond donors (Lipinski definition) is 1. The summed E-state index contributed by atoms with van der Waals surface area (Å²) in [4.78, 5) is 10.6. The van der Waals surface area contributed by atoms with Crippen LogP contribution in [-0.2, 0) is 4.79 Å². The summed E-state index contributed by atoms with van der Waals surface area (Å²) in [5.74, 6) is -0.476. The molecule has 0 aromatic heterocycles. The number of benzene rings is 1. The van der Waals surface area contributed by atoms with Crippen LogP contribution in [0.3, 0.4) is 0 Å². The van der Waals surface area contributed by atoms with Crippen molar-refractivity contribution < 1.29 is 14.6 Å². The van der Waals surface area contributed by atoms with E-state index < -0.39 is 12.1 Å². The molecule has 0 saturated carbocycles. The molecule has 1 aromatic carbocycles. The van der Waals surface area contributed by atoms with Gasteiger partial charge in [-0.25, -0.2) is 4.79 Å². The highest BCUT2D eigenvalue weighted by molar-refractivity contribution is 9.10. The van der Waals surface area contributed by atoms with E-state index in [9.17, 15) is 4.79 Å². The van der Waals surface area contributed by atoms with Crippen LogP contribution in [0.5, 0.6) is 5.75 Å². The number of rotatable bonds is 4. The van der Waals surface area contributed by atoms with E-state index in [0.717, 1.165) is 10.0 Å². The lowest BCUT2D eigenvalue weighted by Gasteiger charge is -2.12. The normalized spacial score (nSPS) is 11.9. The third kappa shape index (κ3) is 3.09. The van der Waals surface area contributed by atoms with Crippen LogP contribution < -0.4 is 4.74 Å². The summed E-state index contributed by atoms with van der Waals surface area (Å²) in [6, 6.07) is 5.31. The Hall–Kier alpha value is -1.29. The minimum atomic E-state index is -0.993. The molecule has 0 heterocycles. The van der Waals surface area contributed by atoms with Crippen molar-refractivity contribution in [2.75, 3.05) is 0 Å². The van der Waals surface area contributed by atoms with Gasteiger partial charge < -0.3 is 9.84 Å². The second-order valence-corrected chi connectivity index (χ2v) is 3.90. The first kappa shape index (κ1) is 11.8. The molecular weight excluding hydrogens is 260 g/mol. The average Bonchev–Trinajstić information content (AvgIpc) is 2.20. The number of aliphatic carboxylic acids is 1. The first-order valence-corrected chi connectivity index (χ1v) is 5.15. The Bertz CT molecular complexity index is 387. The Balaban J connectivity index is 2.94. The van der Waals surface area contributed by atoms with Crippen molar-refractivity contribution in [2.24, 2.45) is 0 Å². The first-order valence-electron chi connectivity index (χ1n) is 4.36. The maximum atomic E-state index is 10.6. The molecule has 0 fully saturated rings. The summed E-state index contributed by atoms with van der Waals surface area (Å²) < 4.78 is 6.16. The fraction of sp³-hybridized carbons (Fsp3) is 0.182. The highest BCUT2D eigenvalue weighted by atomic mass is 79.9. The minimum Gasteiger partial charge on any atom is -0.479 e. The molecule has 0 spiro atoms. The lowest BCUT2D eigenvalue weighted by molar-refractivity contribution is -0.144. The molecule has 0 aliphatic rings. The van der Waals surface area contributed by atoms with Crippen LogP contribution in [0, 0.1) is 0 Å². The van der Waals surface area contributed by atoms with E-state index in [1.54, 1.807) is 18.2 Å². The Morgan fingerprint density at radius 3 is 2.87 bits per heavy atom. The van der Waals surface area contributed by atoms with Crippen LogP contribution in [-0.4, -0.2) is 17.2 Å². The number of ether oxygens (including phenoxy) is 1. The Kier molecular flexibility index (Phi) is 3.91. The Labute approximate surface area is 96.5 Å². The molecule has 0 aliphatic heterocycles. The van der Waals surface area contributed by atoms with Gasteiger partial charge in [-0.3, -0.25) is 0 Å². The van der Waals surface area contributed by atoms with Crippen molar-refractivity contribution >= 4 is 28.0 Å². The van der Waals surface area contributed by atoms with Crippen molar-refractivity contribution in [3.05, 3.63) is 34.8 Å². The predicted octanol–water partition coefficient (Wildman–Crippen LogP) is 2.94. The van der Waals surface area contributed by atoms with Crippen LogP contribution in [0.25, 0.3) is 6.08 Å². The predicted molar refractivity (Wildman–Crippen MR) is 62.0 cm³/mol. The molecule has 1 aromatic rings. The van der Waals surface area contributed by atoms with Crippen LogP contribution in [0.4, 0.5) is 0 Å². The molecule has 3 nitrogen and oxygen atoms in total. The monoisotopic (exact) mass is 270 g/mol. The van der Waals surface area contributed by atoms with Gasteiger partial charge in [0, 0.05) is 10.0 Å². The molecule has 80 valence electrons. The summed E-state index contributed by atoms with van der Waals surface area (Å²) in [6.07, 6.45) is 0.749. The van der Waals surface area contributed by atoms with E-state index in [1.165, 1.54) is 6.92 Å². The molecule has 1 atom stereocenters. The van der Waals surface area contributed by atoms with Crippen molar-refractivity contribution in [1.82, 2.24) is 0 Å². The van der Waals surface area contributed by atoms with Gasteiger partial charge in [-0.2, -0.15) is 0 Å². The summed E-state index contributed by atoms with van der Waals surface area (Å²) in [7, 11) is 0. The summed E-state index contributed by atoms with van der Waals surface area (Å²) in [5.41, 5.74) is 0.762. The molecule has 1 N–H and O–H groups in total. The van der Waals surface area contributed by atoms with Crippen molar-refractivity contribution in [3.8, 4) is 5.75 Å². The molecule has 0 bridgehead atoms. The topological polar surface area (TPSA) is 46.5 Å². The van der Waals surface area contributed by atoms with Crippen molar-refractivity contribution in [3.63, 3.8) is 0 Å². The second-order valence-electron chi connectivity index (χ2n) is 2.98. The van der Waals surface area contributed by atoms with E-state index in [2.05, 4.69) is 22.5 Å². The summed E-state index contributed by atoms with van der Waals surface area (Å²) >= 11 is 3.31. The van der Waals surface area contributed by atoms with Crippen LogP contribution in [0.1, 0.15) is 12.5 Å². The largest absolute Gasteiger partial charge is 0.479 e. The maximum absolute atomic E-state index is 10.6. The molecular formula is C11H11BrO3. The van der Waals surface area contributed by atoms with Gasteiger partial charge in [-0.15, -0.1) is 0 Å². The van der Waals surface area contributed by atoms with Crippen LogP contribution in [0.15, 0.2) is 29.3 Å². The fourth-order valence-corrected chi connectivity index (χ4v) is 1.41. The average molecular weight is 271 g/mol. The summed E-state index contributed by atoms with van der Waals surface area (Å²) in [6.45, 7) is 5.12. The van der Waals surface area contributed by atoms with Gasteiger partial charge in [-0.05, 0) is 25.1 Å². The molecule has 4 heteroatoms. The number of carboxylic acid groups (broad SMARTS) is 1. The van der Waals surface area contributed by atoms with Crippen LogP contribution >= 0.6 is 15.9 Å². The third-order valence-corrected chi connectivity index (χ3v) is 2.34. The second kappa shape index (κ2) is 4.98. The van der Waals surface area contributed by atoms with E-state index in [1.807, 2.05) is 6.07 Å². The van der Waals surface area contributed by atoms with Gasteiger partial charge in [0.05, 0.1) is 0 Å². The van der Waals surface area contributed by atoms with Gasteiger partial charge >= 0.3 is 5.97 Å². The first-order chi connectivity index (χ1) is 7.04. The third-order valence-electron chi connectivity index (χ3n) is 1.84. The zero-order chi connectivity index (χ0) is 11.4. The molecule has 0 unspecified atom stereocenters. The van der Waals surface area contributed by atoms with E-state index in [0.29, 0.717) is 5.75 Å². The molecule has 15 heavy (non-hydrogen) atoms. The maximum Gasteiger partial charge on any atom is 0.344 e. The highest BCUT2D eigenvalue weighted by Crippen LogP contribution is 2.24. The standard InChI is InChI=1S/C11H11BrO3/c1-3-8-6-9(12)4-5-10(8)15-7(2)11(13)14/h3-7H,1H2,2H3,(H,13,14)/t7-/m0/s1. The zero-order valence-corrected chi connectivity index (χ0v) is 9.82. The smallest absolute Gasteiger partial charge is 0.344 e. The van der Waals surface area contributed by atoms with E-state index in [4.69, 9.17) is 9.84 Å². The van der Waals surface area contributed by atoms with Gasteiger partial charge in [0.1, 0.15) is 5.75 Å². The van der Waals surface area contributed by atoms with E-state index >= 15 is 0 Å². The lowest BCUT2D eigenvalue weighted by Crippen LogP contribution is -2.23. The molecule has 0 saturated heterocycles. The van der Waals surface area contributed by atoms with Crippen molar-refractivity contribution in [2.45, 2.75) is 13.0 Å². The number of hydrogen-bond acceptors (Lipinski definition) is 2. The Morgan fingerprint density at radius 1 is 1.67 bits per heavy atom. The number of carbonyl (C=O) groups is 1. The lowest BCUT2D eigenvalue weighted by atomic mass is 10.2. The molecule has 0 amide bonds. The van der Waals surface area contributed by atoms with Gasteiger partial charge in [0.2, 0.25) is 0 Å². The quantitative estimate of drug-likeness (QED) is 0.915. The highest BCUT2D eigenvalue weighted by Gasteiger charge is 2.13. The van der Waals surface area contributed by atoms with Gasteiger partial charge in [0.25, 0.3) is 0 Å². The van der Waals surface area contributed by atoms with Gasteiger partial charge in [-0.1, -0.05) is 28.6 Å². The summed E-state index contributed by atoms with van der Waals surface area (Å²) in [5, 5.41) is 8.70. The van der Waals surface area contributed by atoms with Gasteiger partial charge in [0.15, 0.2) is 6.10 Å². The molecule has 0 aliphatic carbocycles. The van der Waals surface area contributed by atoms with Crippen LogP contribution in [0.2, 0.25) is 0 Å². The minimum absolute atomic E-state index is 0.517. The SMILES string of the molecule is C=Cc1cc(Br)ccc1O[C@@H](C)C(=O)O. The molecule has 0 radical (unpaired) electrons. The van der Waals surface area contributed by atoms with E-state index in [-0.39, 0.29) is 0 Å². The van der Waals surface area contributed by atoms with Crippen molar-refractivity contribution in [1.29, 1.82) is 0 Å². The molecule has 1 rings (SSSR count).